The summed E-state index contributed by atoms with van der Waals surface area (Å²) >= 11 is 0. The number of rotatable bonds is 5. The molecule has 2 aromatic rings. The summed E-state index contributed by atoms with van der Waals surface area (Å²) in [5.74, 6) is -0.542. The van der Waals surface area contributed by atoms with Gasteiger partial charge in [0.15, 0.2) is 0 Å². The highest BCUT2D eigenvalue weighted by molar-refractivity contribution is 6.05. The predicted octanol–water partition coefficient (Wildman–Crippen LogP) is 2.74. The zero-order chi connectivity index (χ0) is 16.1. The van der Waals surface area contributed by atoms with Crippen LogP contribution in [0.25, 0.3) is 6.08 Å². The average Bonchev–Trinajstić information content (AvgIpc) is 3.40. The molecule has 0 aromatic heterocycles. The van der Waals surface area contributed by atoms with Gasteiger partial charge in [-0.05, 0) is 36.6 Å². The molecule has 0 heterocycles. The lowest BCUT2D eigenvalue weighted by Gasteiger charge is -2.10. The van der Waals surface area contributed by atoms with E-state index in [1.165, 1.54) is 0 Å². The molecule has 1 fully saturated rings. The second kappa shape index (κ2) is 6.92. The average molecular weight is 306 g/mol. The van der Waals surface area contributed by atoms with Crippen LogP contribution in [-0.4, -0.2) is 17.9 Å². The smallest absolute Gasteiger partial charge is 0.268 e. The standard InChI is InChI=1S/C19H18N2O2/c22-18(15-9-5-2-6-10-15)21-17(19(23)20-16-11-12-16)13-14-7-3-1-4-8-14/h1-10,13,16H,11-12H2,(H,20,23)(H,21,22)/b17-13-. The van der Waals surface area contributed by atoms with Gasteiger partial charge in [0, 0.05) is 11.6 Å². The van der Waals surface area contributed by atoms with Crippen LogP contribution < -0.4 is 10.6 Å². The SMILES string of the molecule is O=C(NC1CC1)/C(=C/c1ccccc1)NC(=O)c1ccccc1. The number of carbonyl (C=O) groups excluding carboxylic acids is 2. The van der Waals surface area contributed by atoms with Crippen molar-refractivity contribution >= 4 is 17.9 Å². The summed E-state index contributed by atoms with van der Waals surface area (Å²) in [5, 5.41) is 5.63. The molecule has 0 atom stereocenters. The Morgan fingerprint density at radius 3 is 2.13 bits per heavy atom. The molecule has 0 bridgehead atoms. The Hall–Kier alpha value is -2.88. The maximum Gasteiger partial charge on any atom is 0.268 e. The first-order valence-corrected chi connectivity index (χ1v) is 7.66. The van der Waals surface area contributed by atoms with Crippen LogP contribution in [0.1, 0.15) is 28.8 Å². The molecule has 1 saturated carbocycles. The van der Waals surface area contributed by atoms with E-state index < -0.39 is 0 Å². The first-order valence-electron chi connectivity index (χ1n) is 7.66. The van der Waals surface area contributed by atoms with Gasteiger partial charge in [-0.2, -0.15) is 0 Å². The van der Waals surface area contributed by atoms with Gasteiger partial charge in [-0.3, -0.25) is 9.59 Å². The highest BCUT2D eigenvalue weighted by Crippen LogP contribution is 2.19. The second-order valence-electron chi connectivity index (χ2n) is 5.54. The fraction of sp³-hybridized carbons (Fsp3) is 0.158. The molecule has 0 saturated heterocycles. The van der Waals surface area contributed by atoms with Crippen molar-refractivity contribution in [1.29, 1.82) is 0 Å². The van der Waals surface area contributed by atoms with Crippen LogP contribution in [0.2, 0.25) is 0 Å². The van der Waals surface area contributed by atoms with E-state index in [2.05, 4.69) is 10.6 Å². The number of carbonyl (C=O) groups is 2. The zero-order valence-corrected chi connectivity index (χ0v) is 12.7. The van der Waals surface area contributed by atoms with Gasteiger partial charge in [-0.1, -0.05) is 48.5 Å². The molecule has 2 N–H and O–H groups in total. The molecular formula is C19H18N2O2. The van der Waals surface area contributed by atoms with E-state index in [1.54, 1.807) is 30.3 Å². The Bertz CT molecular complexity index is 720. The molecule has 2 amide bonds. The first-order chi connectivity index (χ1) is 11.2. The minimum absolute atomic E-state index is 0.232. The fourth-order valence-corrected chi connectivity index (χ4v) is 2.15. The lowest BCUT2D eigenvalue weighted by Crippen LogP contribution is -2.35. The van der Waals surface area contributed by atoms with E-state index in [0.717, 1.165) is 18.4 Å². The van der Waals surface area contributed by atoms with Crippen molar-refractivity contribution in [1.82, 2.24) is 10.6 Å². The van der Waals surface area contributed by atoms with Crippen molar-refractivity contribution < 1.29 is 9.59 Å². The van der Waals surface area contributed by atoms with E-state index >= 15 is 0 Å². The van der Waals surface area contributed by atoms with Crippen LogP contribution in [-0.2, 0) is 4.79 Å². The van der Waals surface area contributed by atoms with Crippen LogP contribution in [0.3, 0.4) is 0 Å². The number of hydrogen-bond donors (Lipinski definition) is 2. The summed E-state index contributed by atoms with van der Waals surface area (Å²) in [6.07, 6.45) is 3.69. The summed E-state index contributed by atoms with van der Waals surface area (Å²) < 4.78 is 0. The van der Waals surface area contributed by atoms with E-state index in [4.69, 9.17) is 0 Å². The van der Waals surface area contributed by atoms with E-state index in [1.807, 2.05) is 36.4 Å². The van der Waals surface area contributed by atoms with Crippen molar-refractivity contribution in [2.24, 2.45) is 0 Å². The van der Waals surface area contributed by atoms with E-state index in [9.17, 15) is 9.59 Å². The molecule has 1 aliphatic rings. The first kappa shape index (κ1) is 15.0. The molecule has 3 rings (SSSR count). The summed E-state index contributed by atoms with van der Waals surface area (Å²) in [6, 6.07) is 18.6. The van der Waals surface area contributed by atoms with Gasteiger partial charge in [0.25, 0.3) is 11.8 Å². The molecule has 1 aliphatic carbocycles. The lowest BCUT2D eigenvalue weighted by atomic mass is 10.1. The molecule has 4 heteroatoms. The van der Waals surface area contributed by atoms with Gasteiger partial charge in [-0.25, -0.2) is 0 Å². The van der Waals surface area contributed by atoms with Crippen molar-refractivity contribution in [2.75, 3.05) is 0 Å². The van der Waals surface area contributed by atoms with Gasteiger partial charge in [0.2, 0.25) is 0 Å². The Kier molecular flexibility index (Phi) is 4.52. The zero-order valence-electron chi connectivity index (χ0n) is 12.7. The largest absolute Gasteiger partial charge is 0.348 e. The van der Waals surface area contributed by atoms with E-state index in [0.29, 0.717) is 5.56 Å². The normalized spacial score (nSPS) is 14.2. The number of hydrogen-bond acceptors (Lipinski definition) is 2. The Morgan fingerprint density at radius 1 is 0.913 bits per heavy atom. The van der Waals surface area contributed by atoms with Gasteiger partial charge in [-0.15, -0.1) is 0 Å². The third kappa shape index (κ3) is 4.30. The maximum atomic E-state index is 12.4. The van der Waals surface area contributed by atoms with Crippen LogP contribution >= 0.6 is 0 Å². The van der Waals surface area contributed by atoms with Crippen LogP contribution in [0, 0.1) is 0 Å². The van der Waals surface area contributed by atoms with Gasteiger partial charge < -0.3 is 10.6 Å². The minimum atomic E-state index is -0.293. The summed E-state index contributed by atoms with van der Waals surface area (Å²) in [4.78, 5) is 24.7. The quantitative estimate of drug-likeness (QED) is 0.835. The fourth-order valence-electron chi connectivity index (χ4n) is 2.15. The van der Waals surface area contributed by atoms with Crippen molar-refractivity contribution in [3.05, 3.63) is 77.5 Å². The topological polar surface area (TPSA) is 58.2 Å². The second-order valence-corrected chi connectivity index (χ2v) is 5.54. The Balaban J connectivity index is 1.81. The molecule has 0 radical (unpaired) electrons. The third-order valence-corrected chi connectivity index (χ3v) is 3.55. The Labute approximate surface area is 135 Å². The predicted molar refractivity (Wildman–Crippen MR) is 89.5 cm³/mol. The van der Waals surface area contributed by atoms with Gasteiger partial charge in [0.05, 0.1) is 0 Å². The monoisotopic (exact) mass is 306 g/mol. The van der Waals surface area contributed by atoms with Crippen molar-refractivity contribution in [3.63, 3.8) is 0 Å². The van der Waals surface area contributed by atoms with Crippen LogP contribution in [0.15, 0.2) is 66.4 Å². The van der Waals surface area contributed by atoms with Crippen molar-refractivity contribution in [2.45, 2.75) is 18.9 Å². The molecule has 0 aliphatic heterocycles. The molecular weight excluding hydrogens is 288 g/mol. The van der Waals surface area contributed by atoms with Crippen LogP contribution in [0.5, 0.6) is 0 Å². The summed E-state index contributed by atoms with van der Waals surface area (Å²) in [7, 11) is 0. The molecule has 2 aromatic carbocycles. The minimum Gasteiger partial charge on any atom is -0.348 e. The highest BCUT2D eigenvalue weighted by atomic mass is 16.2. The van der Waals surface area contributed by atoms with Crippen LogP contribution in [0.4, 0.5) is 0 Å². The Morgan fingerprint density at radius 2 is 1.52 bits per heavy atom. The molecule has 4 nitrogen and oxygen atoms in total. The number of benzene rings is 2. The molecule has 116 valence electrons. The van der Waals surface area contributed by atoms with Crippen molar-refractivity contribution in [3.8, 4) is 0 Å². The van der Waals surface area contributed by atoms with Gasteiger partial charge in [0.1, 0.15) is 5.70 Å². The number of nitrogens with one attached hydrogen (secondary N) is 2. The lowest BCUT2D eigenvalue weighted by molar-refractivity contribution is -0.117. The third-order valence-electron chi connectivity index (χ3n) is 3.55. The summed E-state index contributed by atoms with van der Waals surface area (Å²) in [6.45, 7) is 0. The molecule has 0 spiro atoms. The highest BCUT2D eigenvalue weighted by Gasteiger charge is 2.25. The van der Waals surface area contributed by atoms with Gasteiger partial charge >= 0.3 is 0 Å². The molecule has 0 unspecified atom stereocenters. The number of amides is 2. The summed E-state index contributed by atoms with van der Waals surface area (Å²) in [5.41, 5.74) is 1.64. The maximum absolute atomic E-state index is 12.4. The van der Waals surface area contributed by atoms with E-state index in [-0.39, 0.29) is 23.6 Å². The molecule has 23 heavy (non-hydrogen) atoms.